The van der Waals surface area contributed by atoms with Crippen LogP contribution < -0.4 is 20.1 Å². The fourth-order valence-electron chi connectivity index (χ4n) is 3.22. The topological polar surface area (TPSA) is 120 Å². The predicted molar refractivity (Wildman–Crippen MR) is 146 cm³/mol. The van der Waals surface area contributed by atoms with Crippen LogP contribution in [0.4, 0.5) is 5.69 Å². The molecule has 0 saturated carbocycles. The van der Waals surface area contributed by atoms with Gasteiger partial charge in [-0.1, -0.05) is 38.1 Å². The molecule has 0 aliphatic carbocycles. The van der Waals surface area contributed by atoms with Crippen molar-refractivity contribution in [3.8, 4) is 11.9 Å². The summed E-state index contributed by atoms with van der Waals surface area (Å²) < 4.78 is 35.8. The highest BCUT2D eigenvalue weighted by molar-refractivity contribution is 7.90. The Balaban J connectivity index is 1.58. The number of benzene rings is 2. The minimum absolute atomic E-state index is 0.0125. The maximum atomic E-state index is 12.9. The predicted octanol–water partition coefficient (Wildman–Crippen LogP) is 4.12. The third-order valence-electron chi connectivity index (χ3n) is 5.20. The summed E-state index contributed by atoms with van der Waals surface area (Å²) in [5, 5.41) is 5.52. The normalized spacial score (nSPS) is 11.4. The molecule has 1 heterocycles. The summed E-state index contributed by atoms with van der Waals surface area (Å²) in [4.78, 5) is 20.3. The second kappa shape index (κ2) is 12.4. The number of amides is 1. The lowest BCUT2D eigenvalue weighted by molar-refractivity contribution is -0.115. The molecular weight excluding hydrogens is 512 g/mol. The monoisotopic (exact) mass is 540 g/mol. The summed E-state index contributed by atoms with van der Waals surface area (Å²) in [7, 11) is -0.910. The van der Waals surface area contributed by atoms with Gasteiger partial charge in [0.2, 0.25) is 11.8 Å². The third kappa shape index (κ3) is 8.09. The van der Waals surface area contributed by atoms with Crippen molar-refractivity contribution in [2.75, 3.05) is 19.5 Å². The van der Waals surface area contributed by atoms with E-state index >= 15 is 0 Å². The molecule has 0 spiro atoms. The van der Waals surface area contributed by atoms with Gasteiger partial charge >= 0.3 is 6.01 Å². The molecule has 0 bridgehead atoms. The molecule has 1 aromatic heterocycles. The highest BCUT2D eigenvalue weighted by atomic mass is 32.2. The summed E-state index contributed by atoms with van der Waals surface area (Å²) in [5.74, 6) is -0.118. The molecule has 37 heavy (non-hydrogen) atoms. The molecular formula is C26H28N4O5S2. The molecule has 0 atom stereocenters. The maximum Gasteiger partial charge on any atom is 0.319 e. The zero-order valence-corrected chi connectivity index (χ0v) is 22.5. The fourth-order valence-corrected chi connectivity index (χ4v) is 4.70. The lowest BCUT2D eigenvalue weighted by atomic mass is 10.0. The molecule has 0 unspecified atom stereocenters. The van der Waals surface area contributed by atoms with Crippen LogP contribution in [-0.4, -0.2) is 43.6 Å². The quantitative estimate of drug-likeness (QED) is 0.305. The number of thiocarbonyl (C=S) groups is 1. The van der Waals surface area contributed by atoms with Gasteiger partial charge in [-0.25, -0.2) is 8.42 Å². The van der Waals surface area contributed by atoms with E-state index in [2.05, 4.69) is 34.4 Å². The van der Waals surface area contributed by atoms with Crippen LogP contribution in [0.5, 0.6) is 11.9 Å². The van der Waals surface area contributed by atoms with E-state index in [1.54, 1.807) is 18.2 Å². The van der Waals surface area contributed by atoms with Gasteiger partial charge in [0.05, 0.1) is 30.6 Å². The Morgan fingerprint density at radius 3 is 2.30 bits per heavy atom. The Bertz CT molecular complexity index is 1370. The first-order valence-electron chi connectivity index (χ1n) is 11.3. The molecule has 0 aliphatic heterocycles. The first kappa shape index (κ1) is 27.8. The van der Waals surface area contributed by atoms with Crippen LogP contribution >= 0.6 is 12.2 Å². The van der Waals surface area contributed by atoms with E-state index in [4.69, 9.17) is 21.7 Å². The Kier molecular flexibility index (Phi) is 9.31. The van der Waals surface area contributed by atoms with Crippen LogP contribution in [-0.2, 0) is 20.4 Å². The second-order valence-corrected chi connectivity index (χ2v) is 10.7. The maximum absolute atomic E-state index is 12.9. The van der Waals surface area contributed by atoms with Crippen molar-refractivity contribution >= 4 is 44.8 Å². The van der Waals surface area contributed by atoms with Gasteiger partial charge in [-0.2, -0.15) is 9.97 Å². The zero-order valence-electron chi connectivity index (χ0n) is 20.9. The Hall–Kier alpha value is -3.83. The Morgan fingerprint density at radius 1 is 1.03 bits per heavy atom. The summed E-state index contributed by atoms with van der Waals surface area (Å²) in [6.45, 7) is 4.24. The van der Waals surface area contributed by atoms with E-state index in [0.717, 1.165) is 5.56 Å². The molecule has 0 fully saturated rings. The number of nitrogens with zero attached hydrogens (tertiary/aromatic N) is 2. The van der Waals surface area contributed by atoms with Gasteiger partial charge in [0.1, 0.15) is 0 Å². The van der Waals surface area contributed by atoms with Crippen molar-refractivity contribution in [3.63, 3.8) is 0 Å². The van der Waals surface area contributed by atoms with E-state index in [0.29, 0.717) is 11.6 Å². The number of carbonyl (C=O) groups is 1. The fraction of sp³-hybridized carbons (Fsp3) is 0.231. The Morgan fingerprint density at radius 2 is 1.70 bits per heavy atom. The van der Waals surface area contributed by atoms with Gasteiger partial charge in [0.15, 0.2) is 14.9 Å². The molecule has 11 heteroatoms. The van der Waals surface area contributed by atoms with Crippen LogP contribution in [0.25, 0.3) is 6.08 Å². The van der Waals surface area contributed by atoms with Crippen LogP contribution in [0.3, 0.4) is 0 Å². The van der Waals surface area contributed by atoms with Crippen LogP contribution in [0.2, 0.25) is 0 Å². The van der Waals surface area contributed by atoms with E-state index in [1.165, 1.54) is 44.1 Å². The summed E-state index contributed by atoms with van der Waals surface area (Å²) in [5.41, 5.74) is 2.87. The minimum Gasteiger partial charge on any atom is -0.481 e. The molecule has 2 N–H and O–H groups in total. The highest BCUT2D eigenvalue weighted by Gasteiger charge is 2.18. The van der Waals surface area contributed by atoms with E-state index in [1.807, 2.05) is 24.3 Å². The number of hydrogen-bond donors (Lipinski definition) is 2. The van der Waals surface area contributed by atoms with Crippen molar-refractivity contribution < 1.29 is 22.7 Å². The number of anilines is 1. The molecule has 0 radical (unpaired) electrons. The third-order valence-corrected chi connectivity index (χ3v) is 7.07. The van der Waals surface area contributed by atoms with Crippen LogP contribution in [0.15, 0.2) is 65.6 Å². The van der Waals surface area contributed by atoms with Crippen LogP contribution in [0, 0.1) is 0 Å². The van der Waals surface area contributed by atoms with Crippen molar-refractivity contribution in [2.24, 2.45) is 0 Å². The SMILES string of the molecule is COc1cc(CS(=O)(=O)c2ccc(NC(=S)NC(=O)/C=C/c3ccc(C(C)C)cc3)cc2)nc(OC)n1. The Labute approximate surface area is 221 Å². The molecule has 0 aliphatic rings. The van der Waals surface area contributed by atoms with Gasteiger partial charge in [-0.05, 0) is 59.6 Å². The summed E-state index contributed by atoms with van der Waals surface area (Å²) in [6.07, 6.45) is 3.09. The number of aromatic nitrogens is 2. The lowest BCUT2D eigenvalue weighted by Gasteiger charge is -2.10. The van der Waals surface area contributed by atoms with Crippen molar-refractivity contribution in [2.45, 2.75) is 30.4 Å². The molecule has 1 amide bonds. The first-order valence-corrected chi connectivity index (χ1v) is 13.3. The smallest absolute Gasteiger partial charge is 0.319 e. The standard InChI is InChI=1S/C26H28N4O5S2/c1-17(2)19-8-5-18(6-9-19)7-14-23(31)29-26(36)28-20-10-12-22(13-11-20)37(32,33)16-21-15-24(34-3)30-25(27-21)35-4/h5-15,17H,16H2,1-4H3,(H2,28,29,31,36)/b14-7+. The number of ether oxygens (including phenoxy) is 2. The number of nitrogens with one attached hydrogen (secondary N) is 2. The second-order valence-electron chi connectivity index (χ2n) is 8.27. The summed E-state index contributed by atoms with van der Waals surface area (Å²) >= 11 is 5.20. The zero-order chi connectivity index (χ0) is 27.0. The van der Waals surface area contributed by atoms with Gasteiger partial charge in [-0.15, -0.1) is 0 Å². The van der Waals surface area contributed by atoms with Gasteiger partial charge in [-0.3, -0.25) is 10.1 Å². The molecule has 2 aromatic carbocycles. The van der Waals surface area contributed by atoms with Crippen molar-refractivity contribution in [1.29, 1.82) is 0 Å². The molecule has 194 valence electrons. The van der Waals surface area contributed by atoms with E-state index in [-0.39, 0.29) is 39.3 Å². The van der Waals surface area contributed by atoms with Crippen molar-refractivity contribution in [1.82, 2.24) is 15.3 Å². The minimum atomic E-state index is -3.71. The van der Waals surface area contributed by atoms with Crippen LogP contribution in [0.1, 0.15) is 36.6 Å². The van der Waals surface area contributed by atoms with Gasteiger partial charge < -0.3 is 14.8 Å². The average molecular weight is 541 g/mol. The number of hydrogen-bond acceptors (Lipinski definition) is 8. The number of rotatable bonds is 9. The molecule has 9 nitrogen and oxygen atoms in total. The largest absolute Gasteiger partial charge is 0.481 e. The average Bonchev–Trinajstić information content (AvgIpc) is 2.87. The molecule has 3 rings (SSSR count). The highest BCUT2D eigenvalue weighted by Crippen LogP contribution is 2.21. The number of methoxy groups -OCH3 is 2. The molecule has 3 aromatic rings. The van der Waals surface area contributed by atoms with Crippen molar-refractivity contribution in [3.05, 3.63) is 77.5 Å². The van der Waals surface area contributed by atoms with E-state index in [9.17, 15) is 13.2 Å². The lowest BCUT2D eigenvalue weighted by Crippen LogP contribution is -2.32. The molecule has 0 saturated heterocycles. The van der Waals surface area contributed by atoms with E-state index < -0.39 is 9.84 Å². The first-order chi connectivity index (χ1) is 17.6. The van der Waals surface area contributed by atoms with Gasteiger partial charge in [0, 0.05) is 17.8 Å². The number of carbonyl (C=O) groups excluding carboxylic acids is 1. The number of sulfone groups is 1. The summed E-state index contributed by atoms with van der Waals surface area (Å²) in [6, 6.07) is 15.4. The van der Waals surface area contributed by atoms with Gasteiger partial charge in [0.25, 0.3) is 0 Å².